The number of aliphatic hydroxyl groups excluding tert-OH is 1. The number of ketones is 1. The van der Waals surface area contributed by atoms with Gasteiger partial charge in [-0.25, -0.2) is 4.79 Å². The Kier molecular flexibility index (Phi) is 4.02. The van der Waals surface area contributed by atoms with Crippen molar-refractivity contribution >= 4 is 11.9 Å². The third-order valence-electron chi connectivity index (χ3n) is 2.30. The van der Waals surface area contributed by atoms with Crippen molar-refractivity contribution in [3.05, 3.63) is 35.9 Å². The second kappa shape index (κ2) is 5.27. The molecule has 16 heavy (non-hydrogen) atoms. The fourth-order valence-electron chi connectivity index (χ4n) is 1.31. The minimum absolute atomic E-state index is 0.384. The van der Waals surface area contributed by atoms with Crippen LogP contribution in [0.15, 0.2) is 30.3 Å². The van der Waals surface area contributed by atoms with Gasteiger partial charge >= 0.3 is 6.09 Å². The first-order chi connectivity index (χ1) is 7.57. The van der Waals surface area contributed by atoms with Crippen molar-refractivity contribution in [2.24, 2.45) is 0 Å². The number of rotatable bonds is 4. The Bertz CT molecular complexity index is 377. The minimum atomic E-state index is -1.25. The lowest BCUT2D eigenvalue weighted by Gasteiger charge is -2.22. The fourth-order valence-corrected chi connectivity index (χ4v) is 1.31. The van der Waals surface area contributed by atoms with Crippen molar-refractivity contribution in [3.8, 4) is 0 Å². The number of carboxylic acid groups (broad SMARTS) is 1. The number of aliphatic hydroxyl groups is 1. The second-order valence-corrected chi connectivity index (χ2v) is 3.32. The highest BCUT2D eigenvalue weighted by molar-refractivity contribution is 6.01. The highest BCUT2D eigenvalue weighted by atomic mass is 16.4. The molecule has 1 aromatic rings. The van der Waals surface area contributed by atoms with Crippen molar-refractivity contribution in [3.63, 3.8) is 0 Å². The molecule has 1 amide bonds. The quantitative estimate of drug-likeness (QED) is 0.741. The van der Waals surface area contributed by atoms with Crippen LogP contribution < -0.4 is 0 Å². The van der Waals surface area contributed by atoms with Crippen LogP contribution in [-0.2, 0) is 0 Å². The fraction of sp³-hybridized carbons (Fsp3) is 0.273. The Morgan fingerprint density at radius 3 is 2.31 bits per heavy atom. The maximum Gasteiger partial charge on any atom is 0.407 e. The molecule has 1 rings (SSSR count). The summed E-state index contributed by atoms with van der Waals surface area (Å²) in [6.45, 7) is -0.531. The molecule has 1 unspecified atom stereocenters. The number of likely N-dealkylation sites (N-methyl/N-ethyl adjacent to an activating group) is 1. The molecule has 0 radical (unpaired) electrons. The van der Waals surface area contributed by atoms with Crippen LogP contribution in [0.5, 0.6) is 0 Å². The van der Waals surface area contributed by atoms with Gasteiger partial charge in [0, 0.05) is 12.6 Å². The van der Waals surface area contributed by atoms with Gasteiger partial charge < -0.3 is 10.2 Å². The lowest BCUT2D eigenvalue weighted by Crippen LogP contribution is -2.44. The summed E-state index contributed by atoms with van der Waals surface area (Å²) in [5.74, 6) is -0.409. The van der Waals surface area contributed by atoms with Crippen LogP contribution in [0, 0.1) is 0 Å². The maximum absolute atomic E-state index is 11.9. The van der Waals surface area contributed by atoms with E-state index in [0.717, 1.165) is 4.90 Å². The maximum atomic E-state index is 11.9. The molecule has 5 nitrogen and oxygen atoms in total. The lowest BCUT2D eigenvalue weighted by molar-refractivity contribution is 0.0727. The molecule has 1 atom stereocenters. The molecule has 0 aliphatic heterocycles. The van der Waals surface area contributed by atoms with Gasteiger partial charge in [0.05, 0.1) is 6.61 Å². The van der Waals surface area contributed by atoms with E-state index in [9.17, 15) is 9.59 Å². The molecule has 0 aromatic heterocycles. The van der Waals surface area contributed by atoms with Crippen LogP contribution in [-0.4, -0.2) is 46.7 Å². The average molecular weight is 223 g/mol. The van der Waals surface area contributed by atoms with Crippen LogP contribution >= 0.6 is 0 Å². The third-order valence-corrected chi connectivity index (χ3v) is 2.30. The predicted molar refractivity (Wildman–Crippen MR) is 57.4 cm³/mol. The Morgan fingerprint density at radius 2 is 1.88 bits per heavy atom. The molecule has 1 aromatic carbocycles. The normalized spacial score (nSPS) is 11.9. The van der Waals surface area contributed by atoms with Gasteiger partial charge in [0.25, 0.3) is 0 Å². The van der Waals surface area contributed by atoms with Crippen LogP contribution in [0.25, 0.3) is 0 Å². The number of amides is 1. The average Bonchev–Trinajstić information content (AvgIpc) is 2.30. The molecule has 2 N–H and O–H groups in total. The van der Waals surface area contributed by atoms with E-state index in [4.69, 9.17) is 10.2 Å². The summed E-state index contributed by atoms with van der Waals surface area (Å²) in [5, 5.41) is 17.8. The SMILES string of the molecule is CN(C(=O)O)C(CO)C(=O)c1ccccc1. The first-order valence-electron chi connectivity index (χ1n) is 4.73. The summed E-state index contributed by atoms with van der Waals surface area (Å²) in [7, 11) is 1.25. The van der Waals surface area contributed by atoms with Gasteiger partial charge in [0.1, 0.15) is 6.04 Å². The number of Topliss-reactive ketones (excluding diaryl/α,β-unsaturated/α-hetero) is 1. The van der Waals surface area contributed by atoms with E-state index in [1.807, 2.05) is 0 Å². The van der Waals surface area contributed by atoms with E-state index in [0.29, 0.717) is 5.56 Å². The van der Waals surface area contributed by atoms with E-state index in [2.05, 4.69) is 0 Å². The number of carbonyl (C=O) groups excluding carboxylic acids is 1. The molecule has 86 valence electrons. The number of hydrogen-bond acceptors (Lipinski definition) is 3. The monoisotopic (exact) mass is 223 g/mol. The molecule has 5 heteroatoms. The molecular weight excluding hydrogens is 210 g/mol. The summed E-state index contributed by atoms with van der Waals surface area (Å²) >= 11 is 0. The van der Waals surface area contributed by atoms with Gasteiger partial charge in [-0.2, -0.15) is 0 Å². The van der Waals surface area contributed by atoms with Gasteiger partial charge in [-0.3, -0.25) is 9.69 Å². The van der Waals surface area contributed by atoms with E-state index in [1.54, 1.807) is 30.3 Å². The number of nitrogens with zero attached hydrogens (tertiary/aromatic N) is 1. The standard InChI is InChI=1S/C11H13NO4/c1-12(11(15)16)9(7-13)10(14)8-5-3-2-4-6-8/h2-6,9,13H,7H2,1H3,(H,15,16). The van der Waals surface area contributed by atoms with Gasteiger partial charge in [-0.15, -0.1) is 0 Å². The molecule has 0 saturated heterocycles. The first-order valence-corrected chi connectivity index (χ1v) is 4.73. The second-order valence-electron chi connectivity index (χ2n) is 3.32. The summed E-state index contributed by atoms with van der Waals surface area (Å²) in [6.07, 6.45) is -1.25. The highest BCUT2D eigenvalue weighted by Gasteiger charge is 2.26. The molecule has 0 saturated carbocycles. The van der Waals surface area contributed by atoms with Crippen LogP contribution in [0.2, 0.25) is 0 Å². The smallest absolute Gasteiger partial charge is 0.407 e. The molecule has 0 heterocycles. The van der Waals surface area contributed by atoms with Gasteiger partial charge in [0.15, 0.2) is 5.78 Å². The Morgan fingerprint density at radius 1 is 1.31 bits per heavy atom. The van der Waals surface area contributed by atoms with E-state index in [-0.39, 0.29) is 0 Å². The molecule has 0 bridgehead atoms. The number of benzene rings is 1. The first kappa shape index (κ1) is 12.2. The zero-order chi connectivity index (χ0) is 12.1. The summed E-state index contributed by atoms with van der Waals surface area (Å²) in [4.78, 5) is 23.4. The predicted octanol–water partition coefficient (Wildman–Crippen LogP) is 0.840. The molecule has 0 spiro atoms. The summed E-state index contributed by atoms with van der Waals surface area (Å²) in [6, 6.07) is 7.23. The molecular formula is C11H13NO4. The van der Waals surface area contributed by atoms with E-state index >= 15 is 0 Å². The Hall–Kier alpha value is -1.88. The van der Waals surface area contributed by atoms with Crippen molar-refractivity contribution < 1.29 is 19.8 Å². The number of carbonyl (C=O) groups is 2. The van der Waals surface area contributed by atoms with Gasteiger partial charge in [0.2, 0.25) is 0 Å². The van der Waals surface area contributed by atoms with Crippen molar-refractivity contribution in [1.82, 2.24) is 4.90 Å². The topological polar surface area (TPSA) is 77.8 Å². The van der Waals surface area contributed by atoms with Gasteiger partial charge in [-0.1, -0.05) is 30.3 Å². The molecule has 0 fully saturated rings. The van der Waals surface area contributed by atoms with E-state index < -0.39 is 24.5 Å². The zero-order valence-corrected chi connectivity index (χ0v) is 8.83. The Labute approximate surface area is 92.9 Å². The number of hydrogen-bond donors (Lipinski definition) is 2. The van der Waals surface area contributed by atoms with Crippen LogP contribution in [0.3, 0.4) is 0 Å². The van der Waals surface area contributed by atoms with Crippen molar-refractivity contribution in [2.75, 3.05) is 13.7 Å². The molecule has 0 aliphatic rings. The largest absolute Gasteiger partial charge is 0.465 e. The van der Waals surface area contributed by atoms with Crippen LogP contribution in [0.4, 0.5) is 4.79 Å². The molecule has 0 aliphatic carbocycles. The summed E-state index contributed by atoms with van der Waals surface area (Å²) < 4.78 is 0. The minimum Gasteiger partial charge on any atom is -0.465 e. The zero-order valence-electron chi connectivity index (χ0n) is 8.83. The van der Waals surface area contributed by atoms with E-state index in [1.165, 1.54) is 7.05 Å². The van der Waals surface area contributed by atoms with Crippen molar-refractivity contribution in [2.45, 2.75) is 6.04 Å². The third kappa shape index (κ3) is 2.58. The highest BCUT2D eigenvalue weighted by Crippen LogP contribution is 2.07. The summed E-state index contributed by atoms with van der Waals surface area (Å²) in [5.41, 5.74) is 0.384. The van der Waals surface area contributed by atoms with Gasteiger partial charge in [-0.05, 0) is 0 Å². The lowest BCUT2D eigenvalue weighted by atomic mass is 10.0. The Balaban J connectivity index is 2.90. The van der Waals surface area contributed by atoms with Crippen LogP contribution in [0.1, 0.15) is 10.4 Å². The van der Waals surface area contributed by atoms with Crippen molar-refractivity contribution in [1.29, 1.82) is 0 Å².